The van der Waals surface area contributed by atoms with Crippen LogP contribution in [0, 0.1) is 5.82 Å². The third-order valence-corrected chi connectivity index (χ3v) is 2.45. The fraction of sp³-hybridized carbons (Fsp3) is 0.273. The zero-order chi connectivity index (χ0) is 13.1. The highest BCUT2D eigenvalue weighted by Gasteiger charge is 2.15. The number of aromatic nitrogens is 4. The molecule has 0 unspecified atom stereocenters. The van der Waals surface area contributed by atoms with E-state index in [0.717, 1.165) is 12.3 Å². The second-order valence-electron chi connectivity index (χ2n) is 3.83. The number of carbonyl (C=O) groups is 1. The highest BCUT2D eigenvalue weighted by Crippen LogP contribution is 2.09. The minimum Gasteiger partial charge on any atom is -0.342 e. The number of nitrogens with one attached hydrogen (secondary N) is 1. The van der Waals surface area contributed by atoms with Crippen molar-refractivity contribution in [2.75, 3.05) is 0 Å². The molecule has 0 bridgehead atoms. The minimum atomic E-state index is -0.547. The number of carbonyl (C=O) groups excluding carboxylic acids is 1. The molecule has 0 aliphatic rings. The Balaban J connectivity index is 2.10. The highest BCUT2D eigenvalue weighted by atomic mass is 19.1. The van der Waals surface area contributed by atoms with E-state index in [1.807, 2.05) is 0 Å². The fourth-order valence-electron chi connectivity index (χ4n) is 1.58. The largest absolute Gasteiger partial charge is 0.342 e. The molecule has 18 heavy (non-hydrogen) atoms. The molecule has 1 amide bonds. The zero-order valence-corrected chi connectivity index (χ0v) is 9.96. The van der Waals surface area contributed by atoms with Crippen molar-refractivity contribution < 1.29 is 9.18 Å². The molecule has 0 aliphatic carbocycles. The Morgan fingerprint density at radius 2 is 2.28 bits per heavy atom. The summed E-state index contributed by atoms with van der Waals surface area (Å²) in [5.41, 5.74) is 0.170. The van der Waals surface area contributed by atoms with E-state index in [2.05, 4.69) is 20.4 Å². The summed E-state index contributed by atoms with van der Waals surface area (Å²) in [5, 5.41) is 6.61. The summed E-state index contributed by atoms with van der Waals surface area (Å²) in [6, 6.07) is 0.805. The maximum atomic E-state index is 12.9. The van der Waals surface area contributed by atoms with Crippen LogP contribution >= 0.6 is 0 Å². The first-order valence-electron chi connectivity index (χ1n) is 5.33. The fourth-order valence-corrected chi connectivity index (χ4v) is 1.58. The van der Waals surface area contributed by atoms with Crippen LogP contribution in [0.15, 0.2) is 24.8 Å². The lowest BCUT2D eigenvalue weighted by Gasteiger charge is -2.12. The van der Waals surface area contributed by atoms with Crippen LogP contribution in [0.3, 0.4) is 0 Å². The summed E-state index contributed by atoms with van der Waals surface area (Å²) in [6.45, 7) is 1.77. The van der Waals surface area contributed by atoms with Gasteiger partial charge in [0.25, 0.3) is 5.91 Å². The van der Waals surface area contributed by atoms with Gasteiger partial charge in [-0.1, -0.05) is 0 Å². The molecule has 0 fully saturated rings. The number of nitrogens with zero attached hydrogens (tertiary/aromatic N) is 4. The molecule has 1 atom stereocenters. The molecule has 0 aliphatic heterocycles. The molecule has 2 aromatic rings. The summed E-state index contributed by atoms with van der Waals surface area (Å²) in [6.07, 6.45) is 3.76. The third-order valence-electron chi connectivity index (χ3n) is 2.45. The molecule has 0 saturated carbocycles. The standard InChI is InChI=1S/C11H12FN5O/c1-7(10-14-6-15-17(10)2)16-11(18)8-3-9(12)5-13-4-8/h3-7H,1-2H3,(H,16,18)/t7-/m1/s1. The molecule has 1 N–H and O–H groups in total. The second-order valence-corrected chi connectivity index (χ2v) is 3.83. The molecule has 0 radical (unpaired) electrons. The summed E-state index contributed by atoms with van der Waals surface area (Å²) in [7, 11) is 1.73. The van der Waals surface area contributed by atoms with Crippen LogP contribution in [-0.2, 0) is 7.05 Å². The number of hydrogen-bond acceptors (Lipinski definition) is 4. The van der Waals surface area contributed by atoms with Crippen molar-refractivity contribution in [3.8, 4) is 0 Å². The SMILES string of the molecule is C[C@@H](NC(=O)c1cncc(F)c1)c1ncnn1C. The van der Waals surface area contributed by atoms with Crippen LogP contribution in [0.1, 0.15) is 29.1 Å². The molecule has 2 rings (SSSR count). The number of hydrogen-bond donors (Lipinski definition) is 1. The van der Waals surface area contributed by atoms with Gasteiger partial charge in [0.15, 0.2) is 0 Å². The average molecular weight is 249 g/mol. The van der Waals surface area contributed by atoms with Gasteiger partial charge in [0.2, 0.25) is 0 Å². The highest BCUT2D eigenvalue weighted by molar-refractivity contribution is 5.94. The minimum absolute atomic E-state index is 0.170. The molecular formula is C11H12FN5O. The molecule has 6 nitrogen and oxygen atoms in total. The Hall–Kier alpha value is -2.31. The van der Waals surface area contributed by atoms with Gasteiger partial charge in [0.05, 0.1) is 17.8 Å². The van der Waals surface area contributed by atoms with Crippen molar-refractivity contribution in [1.82, 2.24) is 25.1 Å². The van der Waals surface area contributed by atoms with Crippen molar-refractivity contribution in [3.63, 3.8) is 0 Å². The molecule has 2 aromatic heterocycles. The molecule has 94 valence electrons. The van der Waals surface area contributed by atoms with Gasteiger partial charge in [0.1, 0.15) is 18.0 Å². The van der Waals surface area contributed by atoms with E-state index < -0.39 is 11.7 Å². The lowest BCUT2D eigenvalue weighted by Crippen LogP contribution is -2.28. The van der Waals surface area contributed by atoms with Crippen LogP contribution in [0.5, 0.6) is 0 Å². The number of aryl methyl sites for hydroxylation is 1. The summed E-state index contributed by atoms with van der Waals surface area (Å²) in [5.74, 6) is -0.334. The van der Waals surface area contributed by atoms with E-state index in [9.17, 15) is 9.18 Å². The predicted octanol–water partition coefficient (Wildman–Crippen LogP) is 0.840. The van der Waals surface area contributed by atoms with E-state index in [1.54, 1.807) is 18.7 Å². The Labute approximate surface area is 103 Å². The third kappa shape index (κ3) is 2.50. The molecule has 2 heterocycles. The number of rotatable bonds is 3. The van der Waals surface area contributed by atoms with Crippen LogP contribution < -0.4 is 5.32 Å². The lowest BCUT2D eigenvalue weighted by molar-refractivity contribution is 0.0937. The van der Waals surface area contributed by atoms with E-state index in [0.29, 0.717) is 5.82 Å². The van der Waals surface area contributed by atoms with E-state index in [-0.39, 0.29) is 11.6 Å². The number of halogens is 1. The quantitative estimate of drug-likeness (QED) is 0.874. The summed E-state index contributed by atoms with van der Waals surface area (Å²) >= 11 is 0. The topological polar surface area (TPSA) is 72.7 Å². The Bertz CT molecular complexity index is 568. The van der Waals surface area contributed by atoms with Gasteiger partial charge in [-0.3, -0.25) is 14.5 Å². The first kappa shape index (κ1) is 12.2. The number of amides is 1. The summed E-state index contributed by atoms with van der Waals surface area (Å²) in [4.78, 5) is 19.5. The first-order chi connectivity index (χ1) is 8.58. The van der Waals surface area contributed by atoms with Gasteiger partial charge in [-0.15, -0.1) is 0 Å². The second kappa shape index (κ2) is 4.91. The van der Waals surface area contributed by atoms with Crippen molar-refractivity contribution in [2.24, 2.45) is 7.05 Å². The maximum Gasteiger partial charge on any atom is 0.253 e. The lowest BCUT2D eigenvalue weighted by atomic mass is 10.2. The van der Waals surface area contributed by atoms with Gasteiger partial charge in [-0.05, 0) is 13.0 Å². The van der Waals surface area contributed by atoms with E-state index in [4.69, 9.17) is 0 Å². The molecule has 7 heteroatoms. The van der Waals surface area contributed by atoms with Gasteiger partial charge < -0.3 is 5.32 Å². The molecule has 0 aromatic carbocycles. The molecule has 0 saturated heterocycles. The van der Waals surface area contributed by atoms with Gasteiger partial charge in [-0.2, -0.15) is 5.10 Å². The Morgan fingerprint density at radius 1 is 1.50 bits per heavy atom. The summed E-state index contributed by atoms with van der Waals surface area (Å²) < 4.78 is 14.5. The maximum absolute atomic E-state index is 12.9. The monoisotopic (exact) mass is 249 g/mol. The van der Waals surface area contributed by atoms with Gasteiger partial charge in [-0.25, -0.2) is 9.37 Å². The smallest absolute Gasteiger partial charge is 0.253 e. The normalized spacial score (nSPS) is 12.2. The van der Waals surface area contributed by atoms with Crippen molar-refractivity contribution in [2.45, 2.75) is 13.0 Å². The van der Waals surface area contributed by atoms with Gasteiger partial charge >= 0.3 is 0 Å². The van der Waals surface area contributed by atoms with Crippen molar-refractivity contribution >= 4 is 5.91 Å². The molecule has 0 spiro atoms. The van der Waals surface area contributed by atoms with E-state index in [1.165, 1.54) is 12.5 Å². The van der Waals surface area contributed by atoms with Crippen LogP contribution in [0.25, 0.3) is 0 Å². The first-order valence-corrected chi connectivity index (χ1v) is 5.33. The Kier molecular flexibility index (Phi) is 3.31. The average Bonchev–Trinajstić information content (AvgIpc) is 2.75. The van der Waals surface area contributed by atoms with Crippen molar-refractivity contribution in [3.05, 3.63) is 42.0 Å². The van der Waals surface area contributed by atoms with Gasteiger partial charge in [0, 0.05) is 13.2 Å². The van der Waals surface area contributed by atoms with Crippen molar-refractivity contribution in [1.29, 1.82) is 0 Å². The zero-order valence-electron chi connectivity index (χ0n) is 9.96. The van der Waals surface area contributed by atoms with Crippen LogP contribution in [0.4, 0.5) is 4.39 Å². The van der Waals surface area contributed by atoms with Crippen LogP contribution in [0.2, 0.25) is 0 Å². The van der Waals surface area contributed by atoms with Crippen LogP contribution in [-0.4, -0.2) is 25.7 Å². The molecular weight excluding hydrogens is 237 g/mol. The number of pyridine rings is 1. The predicted molar refractivity (Wildman–Crippen MR) is 61.1 cm³/mol. The Morgan fingerprint density at radius 3 is 2.89 bits per heavy atom. The van der Waals surface area contributed by atoms with E-state index >= 15 is 0 Å².